The van der Waals surface area contributed by atoms with Crippen LogP contribution < -0.4 is 4.90 Å². The third kappa shape index (κ3) is 6.12. The van der Waals surface area contributed by atoms with Gasteiger partial charge in [0.2, 0.25) is 0 Å². The number of amides is 2. The van der Waals surface area contributed by atoms with Crippen LogP contribution in [0.25, 0.3) is 0 Å². The van der Waals surface area contributed by atoms with E-state index in [4.69, 9.17) is 4.74 Å². The number of aromatic nitrogens is 1. The number of carbonyl (C=O) groups is 2. The molecule has 1 aliphatic heterocycles. The average molecular weight is 377 g/mol. The summed E-state index contributed by atoms with van der Waals surface area (Å²) in [6, 6.07) is 3.57. The molecule has 2 amide bonds. The molecule has 0 aromatic carbocycles. The second-order valence-electron chi connectivity index (χ2n) is 8.42. The molecule has 0 unspecified atom stereocenters. The number of pyridine rings is 1. The van der Waals surface area contributed by atoms with Crippen molar-refractivity contribution in [2.45, 2.75) is 39.2 Å². The molecule has 1 aromatic heterocycles. The molecule has 0 radical (unpaired) electrons. The fourth-order valence-corrected chi connectivity index (χ4v) is 3.18. The Labute approximate surface area is 162 Å². The second kappa shape index (κ2) is 8.59. The van der Waals surface area contributed by atoms with Crippen molar-refractivity contribution in [3.63, 3.8) is 0 Å². The molecule has 1 fully saturated rings. The van der Waals surface area contributed by atoms with Crippen molar-refractivity contribution >= 4 is 17.8 Å². The number of hydrogen-bond acceptors (Lipinski definition) is 5. The summed E-state index contributed by atoms with van der Waals surface area (Å²) in [6.45, 7) is 7.54. The second-order valence-corrected chi connectivity index (χ2v) is 8.42. The summed E-state index contributed by atoms with van der Waals surface area (Å²) in [5.74, 6) is 1.03. The Morgan fingerprint density at radius 3 is 2.63 bits per heavy atom. The quantitative estimate of drug-likeness (QED) is 0.808. The Kier molecular flexibility index (Phi) is 6.68. The van der Waals surface area contributed by atoms with Gasteiger partial charge < -0.3 is 19.4 Å². The predicted octanol–water partition coefficient (Wildman–Crippen LogP) is 2.87. The van der Waals surface area contributed by atoms with E-state index in [0.29, 0.717) is 18.7 Å². The Balaban J connectivity index is 1.98. The number of rotatable bonds is 4. The number of nitrogens with zero attached hydrogens (tertiary/aromatic N) is 4. The topological polar surface area (TPSA) is 66.0 Å². The van der Waals surface area contributed by atoms with Gasteiger partial charge >= 0.3 is 6.09 Å². The van der Waals surface area contributed by atoms with E-state index in [9.17, 15) is 9.59 Å². The van der Waals surface area contributed by atoms with E-state index in [2.05, 4.69) is 4.98 Å². The van der Waals surface area contributed by atoms with Crippen molar-refractivity contribution in [1.82, 2.24) is 14.8 Å². The highest BCUT2D eigenvalue weighted by molar-refractivity contribution is 5.94. The van der Waals surface area contributed by atoms with Crippen molar-refractivity contribution in [3.8, 4) is 0 Å². The van der Waals surface area contributed by atoms with E-state index >= 15 is 0 Å². The molecule has 0 bridgehead atoms. The number of ether oxygens (including phenoxy) is 1. The molecule has 1 atom stereocenters. The highest BCUT2D eigenvalue weighted by Crippen LogP contribution is 2.21. The molecule has 2 heterocycles. The van der Waals surface area contributed by atoms with Gasteiger partial charge in [-0.1, -0.05) is 0 Å². The van der Waals surface area contributed by atoms with Crippen molar-refractivity contribution in [3.05, 3.63) is 23.9 Å². The molecule has 7 nitrogen and oxygen atoms in total. The van der Waals surface area contributed by atoms with Gasteiger partial charge in [-0.2, -0.15) is 0 Å². The number of carbonyl (C=O) groups excluding carboxylic acids is 2. The Bertz CT molecular complexity index is 669. The summed E-state index contributed by atoms with van der Waals surface area (Å²) in [5.41, 5.74) is 0.139. The zero-order valence-electron chi connectivity index (χ0n) is 17.4. The van der Waals surface area contributed by atoms with Crippen molar-refractivity contribution in [1.29, 1.82) is 0 Å². The highest BCUT2D eigenvalue weighted by atomic mass is 16.6. The minimum Gasteiger partial charge on any atom is -0.444 e. The first-order valence-corrected chi connectivity index (χ1v) is 9.43. The van der Waals surface area contributed by atoms with Crippen LogP contribution in [0, 0.1) is 5.92 Å². The number of likely N-dealkylation sites (tertiary alicyclic amines) is 1. The molecule has 0 aliphatic carbocycles. The average Bonchev–Trinajstić information content (AvgIpc) is 2.60. The van der Waals surface area contributed by atoms with E-state index in [1.165, 1.54) is 0 Å². The monoisotopic (exact) mass is 376 g/mol. The van der Waals surface area contributed by atoms with Gasteiger partial charge in [-0.05, 0) is 51.7 Å². The minimum absolute atomic E-state index is 0.0186. The van der Waals surface area contributed by atoms with Gasteiger partial charge in [0.25, 0.3) is 5.91 Å². The first-order chi connectivity index (χ1) is 12.6. The maximum absolute atomic E-state index is 12.9. The molecular weight excluding hydrogens is 344 g/mol. The fourth-order valence-electron chi connectivity index (χ4n) is 3.18. The zero-order chi connectivity index (χ0) is 20.2. The molecule has 1 saturated heterocycles. The number of hydrogen-bond donors (Lipinski definition) is 0. The summed E-state index contributed by atoms with van der Waals surface area (Å²) in [4.78, 5) is 34.7. The molecule has 150 valence electrons. The largest absolute Gasteiger partial charge is 0.444 e. The summed E-state index contributed by atoms with van der Waals surface area (Å²) in [6.07, 6.45) is 3.27. The van der Waals surface area contributed by atoms with Crippen LogP contribution in [0.15, 0.2) is 18.3 Å². The fraction of sp³-hybridized carbons (Fsp3) is 0.650. The van der Waals surface area contributed by atoms with E-state index in [0.717, 1.165) is 25.2 Å². The Morgan fingerprint density at radius 2 is 2.00 bits per heavy atom. The van der Waals surface area contributed by atoms with Crippen molar-refractivity contribution in [2.75, 3.05) is 45.7 Å². The highest BCUT2D eigenvalue weighted by Gasteiger charge is 2.28. The van der Waals surface area contributed by atoms with E-state index in [1.807, 2.05) is 50.7 Å². The molecule has 27 heavy (non-hydrogen) atoms. The summed E-state index contributed by atoms with van der Waals surface area (Å²) >= 11 is 0. The van der Waals surface area contributed by atoms with Crippen molar-refractivity contribution < 1.29 is 14.3 Å². The summed E-state index contributed by atoms with van der Waals surface area (Å²) in [5, 5.41) is 0. The zero-order valence-corrected chi connectivity index (χ0v) is 17.4. The predicted molar refractivity (Wildman–Crippen MR) is 106 cm³/mol. The standard InChI is InChI=1S/C20H32N4O3/c1-20(2,3)27-19(26)23(6)13-15-8-7-11-24(14-15)18(25)16-9-10-21-17(12-16)22(4)5/h9-10,12,15H,7-8,11,13-14H2,1-6H3/t15-/m1/s1. The van der Waals surface area contributed by atoms with Gasteiger partial charge in [0.15, 0.2) is 0 Å². The third-order valence-corrected chi connectivity index (χ3v) is 4.49. The molecule has 7 heteroatoms. The van der Waals surface area contributed by atoms with Gasteiger partial charge in [-0.25, -0.2) is 9.78 Å². The lowest BCUT2D eigenvalue weighted by atomic mass is 9.97. The van der Waals surface area contributed by atoms with Crippen LogP contribution >= 0.6 is 0 Å². The van der Waals surface area contributed by atoms with E-state index in [1.54, 1.807) is 24.2 Å². The van der Waals surface area contributed by atoms with Gasteiger partial charge in [-0.3, -0.25) is 4.79 Å². The van der Waals surface area contributed by atoms with Crippen LogP contribution in [-0.2, 0) is 4.74 Å². The first-order valence-electron chi connectivity index (χ1n) is 9.43. The molecule has 0 spiro atoms. The van der Waals surface area contributed by atoms with E-state index < -0.39 is 5.60 Å². The van der Waals surface area contributed by atoms with Crippen LogP contribution in [0.2, 0.25) is 0 Å². The summed E-state index contributed by atoms with van der Waals surface area (Å²) in [7, 11) is 5.56. The van der Waals surface area contributed by atoms with Crippen LogP contribution in [0.4, 0.5) is 10.6 Å². The molecular formula is C20H32N4O3. The normalized spacial score (nSPS) is 17.4. The van der Waals surface area contributed by atoms with Crippen LogP contribution in [0.1, 0.15) is 44.0 Å². The van der Waals surface area contributed by atoms with Gasteiger partial charge in [0.1, 0.15) is 11.4 Å². The summed E-state index contributed by atoms with van der Waals surface area (Å²) < 4.78 is 5.42. The van der Waals surface area contributed by atoms with Gasteiger partial charge in [-0.15, -0.1) is 0 Å². The SMILES string of the molecule is CN(C[C@H]1CCCN(C(=O)c2ccnc(N(C)C)c2)C1)C(=O)OC(C)(C)C. The maximum Gasteiger partial charge on any atom is 0.410 e. The number of anilines is 1. The first kappa shape index (κ1) is 21.0. The smallest absolute Gasteiger partial charge is 0.410 e. The van der Waals surface area contributed by atoms with Crippen LogP contribution in [-0.4, -0.2) is 73.2 Å². The third-order valence-electron chi connectivity index (χ3n) is 4.49. The van der Waals surface area contributed by atoms with Crippen LogP contribution in [0.5, 0.6) is 0 Å². The van der Waals surface area contributed by atoms with E-state index in [-0.39, 0.29) is 17.9 Å². The lowest BCUT2D eigenvalue weighted by Gasteiger charge is -2.35. The minimum atomic E-state index is -0.509. The molecule has 1 aliphatic rings. The molecule has 2 rings (SSSR count). The molecule has 1 aromatic rings. The lowest BCUT2D eigenvalue weighted by Crippen LogP contribution is -2.45. The molecule has 0 N–H and O–H groups in total. The van der Waals surface area contributed by atoms with Crippen LogP contribution in [0.3, 0.4) is 0 Å². The van der Waals surface area contributed by atoms with Gasteiger partial charge in [0.05, 0.1) is 0 Å². The number of piperidine rings is 1. The lowest BCUT2D eigenvalue weighted by molar-refractivity contribution is 0.0244. The van der Waals surface area contributed by atoms with Gasteiger partial charge in [0, 0.05) is 52.5 Å². The molecule has 0 saturated carbocycles. The Morgan fingerprint density at radius 1 is 1.30 bits per heavy atom. The maximum atomic E-state index is 12.9. The van der Waals surface area contributed by atoms with Crippen molar-refractivity contribution in [2.24, 2.45) is 5.92 Å². The Hall–Kier alpha value is -2.31.